The van der Waals surface area contributed by atoms with Crippen molar-refractivity contribution in [2.24, 2.45) is 0 Å². The van der Waals surface area contributed by atoms with E-state index in [-0.39, 0.29) is 10.9 Å². The Hall–Kier alpha value is -3.79. The van der Waals surface area contributed by atoms with Crippen LogP contribution in [0.4, 0.5) is 62.8 Å². The maximum absolute atomic E-state index is 15.5. The Morgan fingerprint density at radius 3 is 1.79 bits per heavy atom. The van der Waals surface area contributed by atoms with Gasteiger partial charge in [0.15, 0.2) is 16.8 Å². The summed E-state index contributed by atoms with van der Waals surface area (Å²) in [5.41, 5.74) is -5.97. The topological polar surface area (TPSA) is 46.3 Å². The molecule has 2 aromatic carbocycles. The molecule has 0 atom stereocenters. The van der Waals surface area contributed by atoms with Crippen LogP contribution in [0.25, 0.3) is 33.3 Å². The molecule has 234 valence electrons. The number of alkyl halides is 13. The molecule has 0 saturated carbocycles. The number of fused-ring (bicyclic) bond motifs is 4. The van der Waals surface area contributed by atoms with Gasteiger partial charge in [0.2, 0.25) is 0 Å². The molecule has 1 heterocycles. The lowest BCUT2D eigenvalue weighted by Gasteiger charge is -2.39. The van der Waals surface area contributed by atoms with Crippen molar-refractivity contribution in [3.8, 4) is 11.5 Å². The fourth-order valence-corrected chi connectivity index (χ4v) is 4.48. The largest absolute Gasteiger partial charge is 0.460 e. The Morgan fingerprint density at radius 1 is 0.721 bits per heavy atom. The van der Waals surface area contributed by atoms with Crippen LogP contribution in [0.15, 0.2) is 51.7 Å². The molecule has 0 fully saturated rings. The fraction of sp³-hybridized carbons (Fsp3) is 0.385. The lowest BCUT2D eigenvalue weighted by atomic mass is 9.87. The second kappa shape index (κ2) is 9.87. The van der Waals surface area contributed by atoms with Gasteiger partial charge in [0.05, 0.1) is 0 Å². The smallest absolute Gasteiger partial charge is 0.452 e. The Labute approximate surface area is 232 Å². The first-order chi connectivity index (χ1) is 19.6. The number of hydrogen-bond acceptors (Lipinski definition) is 4. The molecule has 0 spiro atoms. The molecule has 0 aromatic heterocycles. The van der Waals surface area contributed by atoms with E-state index in [9.17, 15) is 53.1 Å². The SMILES string of the molecule is CCN(CC)c1ccc2nc3c4ccccc4c(=O)c(C(F)(F)C(F)(F)C(F)(F)C(F)(F)C(F)(F)C(F)(F)F)c-3oc2c1. The molecule has 0 unspecified atom stereocenters. The molecule has 1 aliphatic heterocycles. The molecular formula is C26H17F13N2O2. The summed E-state index contributed by atoms with van der Waals surface area (Å²) in [6.45, 7) is 4.22. The van der Waals surface area contributed by atoms with Gasteiger partial charge in [-0.1, -0.05) is 24.3 Å². The molecule has 43 heavy (non-hydrogen) atoms. The highest BCUT2D eigenvalue weighted by Crippen LogP contribution is 2.62. The molecule has 0 radical (unpaired) electrons. The minimum absolute atomic E-state index is 0.130. The van der Waals surface area contributed by atoms with Gasteiger partial charge in [-0.2, -0.15) is 57.1 Å². The predicted molar refractivity (Wildman–Crippen MR) is 128 cm³/mol. The van der Waals surface area contributed by atoms with E-state index in [2.05, 4.69) is 4.98 Å². The predicted octanol–water partition coefficient (Wildman–Crippen LogP) is 8.49. The maximum Gasteiger partial charge on any atom is 0.460 e. The van der Waals surface area contributed by atoms with E-state index in [1.165, 1.54) is 18.2 Å². The highest BCUT2D eigenvalue weighted by atomic mass is 19.4. The van der Waals surface area contributed by atoms with E-state index in [1.807, 2.05) is 0 Å². The molecule has 17 heteroatoms. The van der Waals surface area contributed by atoms with E-state index in [1.54, 1.807) is 18.7 Å². The molecule has 0 saturated heterocycles. The Kier molecular flexibility index (Phi) is 7.38. The van der Waals surface area contributed by atoms with Gasteiger partial charge in [0, 0.05) is 35.6 Å². The van der Waals surface area contributed by atoms with Crippen molar-refractivity contribution < 1.29 is 61.5 Å². The second-order valence-electron chi connectivity index (χ2n) is 9.34. The zero-order valence-corrected chi connectivity index (χ0v) is 21.6. The van der Waals surface area contributed by atoms with Crippen molar-refractivity contribution in [3.05, 3.63) is 58.3 Å². The summed E-state index contributed by atoms with van der Waals surface area (Å²) < 4.78 is 187. The van der Waals surface area contributed by atoms with E-state index in [0.29, 0.717) is 18.8 Å². The highest BCUT2D eigenvalue weighted by Gasteiger charge is 2.91. The van der Waals surface area contributed by atoms with E-state index in [4.69, 9.17) is 4.42 Å². The lowest BCUT2D eigenvalue weighted by Crippen LogP contribution is -2.69. The van der Waals surface area contributed by atoms with Crippen molar-refractivity contribution in [1.82, 2.24) is 4.98 Å². The van der Waals surface area contributed by atoms with Gasteiger partial charge in [-0.15, -0.1) is 0 Å². The first-order valence-corrected chi connectivity index (χ1v) is 12.1. The summed E-state index contributed by atoms with van der Waals surface area (Å²) in [4.78, 5) is 18.8. The average molecular weight is 636 g/mol. The molecule has 4 rings (SSSR count). The van der Waals surface area contributed by atoms with Crippen LogP contribution < -0.4 is 10.3 Å². The van der Waals surface area contributed by atoms with Gasteiger partial charge in [-0.3, -0.25) is 4.79 Å². The summed E-state index contributed by atoms with van der Waals surface area (Å²) in [6.07, 6.45) is -7.56. The molecule has 1 aliphatic carbocycles. The van der Waals surface area contributed by atoms with Crippen LogP contribution in [0.5, 0.6) is 0 Å². The molecule has 2 aromatic rings. The van der Waals surface area contributed by atoms with Crippen molar-refractivity contribution in [1.29, 1.82) is 0 Å². The second-order valence-corrected chi connectivity index (χ2v) is 9.34. The van der Waals surface area contributed by atoms with Crippen LogP contribution in [0.3, 0.4) is 0 Å². The summed E-state index contributed by atoms with van der Waals surface area (Å²) in [6, 6.07) is 8.04. The Balaban J connectivity index is 2.09. The van der Waals surface area contributed by atoms with Crippen molar-refractivity contribution >= 4 is 27.6 Å². The number of rotatable bonds is 8. The van der Waals surface area contributed by atoms with Crippen LogP contribution in [-0.4, -0.2) is 47.9 Å². The zero-order valence-electron chi connectivity index (χ0n) is 21.6. The van der Waals surface area contributed by atoms with Crippen LogP contribution in [0.1, 0.15) is 19.4 Å². The third-order valence-corrected chi connectivity index (χ3v) is 6.86. The lowest BCUT2D eigenvalue weighted by molar-refractivity contribution is -0.441. The Bertz CT molecular complexity index is 1710. The van der Waals surface area contributed by atoms with Crippen molar-refractivity contribution in [2.75, 3.05) is 18.0 Å². The van der Waals surface area contributed by atoms with Gasteiger partial charge in [0.1, 0.15) is 16.8 Å². The number of aromatic nitrogens is 1. The van der Waals surface area contributed by atoms with Crippen molar-refractivity contribution in [3.63, 3.8) is 0 Å². The summed E-state index contributed by atoms with van der Waals surface area (Å²) >= 11 is 0. The number of anilines is 1. The monoisotopic (exact) mass is 636 g/mol. The van der Waals surface area contributed by atoms with Gasteiger partial charge >= 0.3 is 35.8 Å². The molecule has 2 aliphatic rings. The zero-order chi connectivity index (χ0) is 32.6. The first kappa shape index (κ1) is 32.1. The van der Waals surface area contributed by atoms with E-state index in [0.717, 1.165) is 24.3 Å². The fourth-order valence-electron chi connectivity index (χ4n) is 4.48. The van der Waals surface area contributed by atoms with Gasteiger partial charge in [-0.05, 0) is 26.0 Å². The molecule has 0 N–H and O–H groups in total. The quantitative estimate of drug-likeness (QED) is 0.111. The normalized spacial score (nSPS) is 14.2. The highest BCUT2D eigenvalue weighted by molar-refractivity contribution is 5.98. The number of nitrogens with zero attached hydrogens (tertiary/aromatic N) is 2. The third-order valence-electron chi connectivity index (χ3n) is 6.86. The molecule has 0 amide bonds. The van der Waals surface area contributed by atoms with Crippen LogP contribution in [-0.2, 0) is 5.92 Å². The maximum atomic E-state index is 15.5. The summed E-state index contributed by atoms with van der Waals surface area (Å²) in [7, 11) is 0. The standard InChI is InChI=1S/C26H17F13N2O2/c1-3-41(4-2)12-9-10-15-16(11-12)43-20-17(19(42)14-8-6-5-7-13(14)18(20)40-15)21(27,28)22(29,30)23(31,32)24(33,34)25(35,36)26(37,38)39/h5-11H,3-4H2,1-2H3. The minimum Gasteiger partial charge on any atom is -0.452 e. The van der Waals surface area contributed by atoms with Crippen molar-refractivity contribution in [2.45, 2.75) is 49.6 Å². The number of hydrogen-bond donors (Lipinski definition) is 0. The Morgan fingerprint density at radius 2 is 1.26 bits per heavy atom. The summed E-state index contributed by atoms with van der Waals surface area (Å²) in [5, 5.41) is -1.22. The van der Waals surface area contributed by atoms with E-state index < -0.39 is 69.2 Å². The van der Waals surface area contributed by atoms with E-state index >= 15 is 8.78 Å². The van der Waals surface area contributed by atoms with Gasteiger partial charge < -0.3 is 9.32 Å². The molecule has 4 nitrogen and oxygen atoms in total. The van der Waals surface area contributed by atoms with Crippen LogP contribution >= 0.6 is 0 Å². The van der Waals surface area contributed by atoms with Gasteiger partial charge in [-0.25, -0.2) is 4.98 Å². The van der Waals surface area contributed by atoms with Gasteiger partial charge in [0.25, 0.3) is 0 Å². The minimum atomic E-state index is -8.12. The number of benzene rings is 3. The summed E-state index contributed by atoms with van der Waals surface area (Å²) in [5.74, 6) is -40.3. The van der Waals surface area contributed by atoms with Crippen LogP contribution in [0.2, 0.25) is 0 Å². The first-order valence-electron chi connectivity index (χ1n) is 12.1. The molecule has 0 bridgehead atoms. The van der Waals surface area contributed by atoms with Crippen LogP contribution in [0, 0.1) is 0 Å². The molecular weight excluding hydrogens is 619 g/mol. The average Bonchev–Trinajstić information content (AvgIpc) is 2.92. The number of halogens is 13. The third kappa shape index (κ3) is 4.36.